The Morgan fingerprint density at radius 1 is 0.955 bits per heavy atom. The number of halogens is 2. The molecule has 2 nitrogen and oxygen atoms in total. The van der Waals surface area contributed by atoms with E-state index in [1.165, 1.54) is 25.3 Å². The van der Waals surface area contributed by atoms with E-state index < -0.39 is 17.7 Å². The van der Waals surface area contributed by atoms with Gasteiger partial charge in [-0.05, 0) is 50.0 Å². The monoisotopic (exact) mass is 313 g/mol. The van der Waals surface area contributed by atoms with Crippen LogP contribution in [0.2, 0.25) is 0 Å². The van der Waals surface area contributed by atoms with Crippen LogP contribution < -0.4 is 0 Å². The molecule has 1 aromatic carbocycles. The third-order valence-corrected chi connectivity index (χ3v) is 3.95. The molecule has 1 rings (SSSR count). The highest BCUT2D eigenvalue weighted by Gasteiger charge is 2.13. The lowest BCUT2D eigenvalue weighted by Gasteiger charge is -2.23. The molecular formula is C18H29F2NO. The molecule has 1 aromatic rings. The van der Waals surface area contributed by atoms with Crippen molar-refractivity contribution < 1.29 is 13.9 Å². The lowest BCUT2D eigenvalue weighted by molar-refractivity contribution is 0.140. The number of hydrogen-bond donors (Lipinski definition) is 1. The fraction of sp³-hybridized carbons (Fsp3) is 0.667. The molecular weight excluding hydrogens is 284 g/mol. The Morgan fingerprint density at radius 3 is 2.27 bits per heavy atom. The van der Waals surface area contributed by atoms with Crippen LogP contribution in [0.3, 0.4) is 0 Å². The maximum Gasteiger partial charge on any atom is 0.159 e. The van der Waals surface area contributed by atoms with Crippen LogP contribution in [0.15, 0.2) is 18.2 Å². The van der Waals surface area contributed by atoms with Crippen LogP contribution in [-0.2, 0) is 0 Å². The highest BCUT2D eigenvalue weighted by Crippen LogP contribution is 2.19. The first-order valence-electron chi connectivity index (χ1n) is 8.43. The SMILES string of the molecule is CCCCCN(CCCC)CCC(O)c1ccc(F)c(F)c1. The molecule has 0 bridgehead atoms. The van der Waals surface area contributed by atoms with Crippen LogP contribution in [0.1, 0.15) is 64.0 Å². The minimum Gasteiger partial charge on any atom is -0.388 e. The first kappa shape index (κ1) is 19.0. The van der Waals surface area contributed by atoms with Gasteiger partial charge >= 0.3 is 0 Å². The third-order valence-electron chi connectivity index (χ3n) is 3.95. The molecule has 0 heterocycles. The fourth-order valence-corrected chi connectivity index (χ4v) is 2.49. The van der Waals surface area contributed by atoms with Crippen molar-refractivity contribution in [2.45, 2.75) is 58.5 Å². The van der Waals surface area contributed by atoms with E-state index in [-0.39, 0.29) is 0 Å². The molecule has 1 unspecified atom stereocenters. The van der Waals surface area contributed by atoms with Gasteiger partial charge in [-0.2, -0.15) is 0 Å². The zero-order valence-corrected chi connectivity index (χ0v) is 13.8. The highest BCUT2D eigenvalue weighted by molar-refractivity contribution is 5.19. The lowest BCUT2D eigenvalue weighted by atomic mass is 10.1. The van der Waals surface area contributed by atoms with E-state index >= 15 is 0 Å². The second-order valence-corrected chi connectivity index (χ2v) is 5.88. The maximum atomic E-state index is 13.2. The molecule has 0 saturated carbocycles. The van der Waals surface area contributed by atoms with Crippen LogP contribution in [0.25, 0.3) is 0 Å². The largest absolute Gasteiger partial charge is 0.388 e. The van der Waals surface area contributed by atoms with Crippen molar-refractivity contribution >= 4 is 0 Å². The second kappa shape index (κ2) is 10.7. The van der Waals surface area contributed by atoms with Gasteiger partial charge in [0.05, 0.1) is 6.10 Å². The summed E-state index contributed by atoms with van der Waals surface area (Å²) in [5, 5.41) is 10.2. The molecule has 126 valence electrons. The van der Waals surface area contributed by atoms with Gasteiger partial charge < -0.3 is 10.0 Å². The standard InChI is InChI=1S/C18H29F2NO/c1-3-5-7-12-21(11-6-4-2)13-10-18(22)15-8-9-16(19)17(20)14-15/h8-9,14,18,22H,3-7,10-13H2,1-2H3. The Bertz CT molecular complexity index is 426. The van der Waals surface area contributed by atoms with E-state index in [4.69, 9.17) is 0 Å². The van der Waals surface area contributed by atoms with Gasteiger partial charge in [0.2, 0.25) is 0 Å². The van der Waals surface area contributed by atoms with Crippen LogP contribution in [0, 0.1) is 11.6 Å². The minimum absolute atomic E-state index is 0.447. The van der Waals surface area contributed by atoms with Crippen LogP contribution in [0.4, 0.5) is 8.78 Å². The zero-order valence-electron chi connectivity index (χ0n) is 13.8. The zero-order chi connectivity index (χ0) is 16.4. The topological polar surface area (TPSA) is 23.5 Å². The lowest BCUT2D eigenvalue weighted by Crippen LogP contribution is -2.28. The first-order valence-corrected chi connectivity index (χ1v) is 8.43. The molecule has 0 aliphatic rings. The molecule has 1 N–H and O–H groups in total. The Labute approximate surface area is 133 Å². The Hall–Kier alpha value is -1.00. The summed E-state index contributed by atoms with van der Waals surface area (Å²) in [5.74, 6) is -1.78. The van der Waals surface area contributed by atoms with Crippen molar-refractivity contribution in [2.24, 2.45) is 0 Å². The Morgan fingerprint density at radius 2 is 1.64 bits per heavy atom. The average Bonchev–Trinajstić information content (AvgIpc) is 2.52. The predicted octanol–water partition coefficient (Wildman–Crippen LogP) is 4.68. The first-order chi connectivity index (χ1) is 10.6. The summed E-state index contributed by atoms with van der Waals surface area (Å²) in [6, 6.07) is 3.62. The van der Waals surface area contributed by atoms with Crippen molar-refractivity contribution in [2.75, 3.05) is 19.6 Å². The fourth-order valence-electron chi connectivity index (χ4n) is 2.49. The third kappa shape index (κ3) is 6.84. The quantitative estimate of drug-likeness (QED) is 0.600. The summed E-state index contributed by atoms with van der Waals surface area (Å²) >= 11 is 0. The molecule has 0 aliphatic carbocycles. The van der Waals surface area contributed by atoms with Gasteiger partial charge in [-0.25, -0.2) is 8.78 Å². The minimum atomic E-state index is -0.901. The maximum absolute atomic E-state index is 13.2. The predicted molar refractivity (Wildman–Crippen MR) is 86.8 cm³/mol. The van der Waals surface area contributed by atoms with Crippen molar-refractivity contribution in [1.29, 1.82) is 0 Å². The highest BCUT2D eigenvalue weighted by atomic mass is 19.2. The number of aliphatic hydroxyl groups is 1. The van der Waals surface area contributed by atoms with Gasteiger partial charge in [-0.3, -0.25) is 0 Å². The molecule has 1 atom stereocenters. The summed E-state index contributed by atoms with van der Waals surface area (Å²) in [6.45, 7) is 7.20. The summed E-state index contributed by atoms with van der Waals surface area (Å²) in [4.78, 5) is 2.36. The molecule has 0 fully saturated rings. The number of hydrogen-bond acceptors (Lipinski definition) is 2. The van der Waals surface area contributed by atoms with Crippen LogP contribution in [-0.4, -0.2) is 29.6 Å². The van der Waals surface area contributed by atoms with E-state index in [1.54, 1.807) is 0 Å². The van der Waals surface area contributed by atoms with Crippen LogP contribution in [0.5, 0.6) is 0 Å². The molecule has 0 aliphatic heterocycles. The molecule has 0 saturated heterocycles. The van der Waals surface area contributed by atoms with Crippen molar-refractivity contribution in [3.8, 4) is 0 Å². The van der Waals surface area contributed by atoms with Gasteiger partial charge in [-0.1, -0.05) is 39.2 Å². The summed E-state index contributed by atoms with van der Waals surface area (Å²) < 4.78 is 26.1. The average molecular weight is 313 g/mol. The number of rotatable bonds is 11. The van der Waals surface area contributed by atoms with Crippen molar-refractivity contribution in [3.05, 3.63) is 35.4 Å². The van der Waals surface area contributed by atoms with Gasteiger partial charge in [0.25, 0.3) is 0 Å². The van der Waals surface area contributed by atoms with Gasteiger partial charge in [0.15, 0.2) is 11.6 Å². The van der Waals surface area contributed by atoms with Crippen molar-refractivity contribution in [1.82, 2.24) is 4.90 Å². The number of unbranched alkanes of at least 4 members (excludes halogenated alkanes) is 3. The molecule has 4 heteroatoms. The molecule has 0 radical (unpaired) electrons. The van der Waals surface area contributed by atoms with Crippen molar-refractivity contribution in [3.63, 3.8) is 0 Å². The van der Waals surface area contributed by atoms with E-state index in [1.807, 2.05) is 0 Å². The number of benzene rings is 1. The summed E-state index contributed by atoms with van der Waals surface area (Å²) in [6.07, 6.45) is 5.67. The molecule has 22 heavy (non-hydrogen) atoms. The molecule has 0 amide bonds. The van der Waals surface area contributed by atoms with E-state index in [0.717, 1.165) is 44.6 Å². The van der Waals surface area contributed by atoms with Gasteiger partial charge in [-0.15, -0.1) is 0 Å². The smallest absolute Gasteiger partial charge is 0.159 e. The second-order valence-electron chi connectivity index (χ2n) is 5.88. The normalized spacial score (nSPS) is 12.8. The van der Waals surface area contributed by atoms with E-state index in [0.29, 0.717) is 12.0 Å². The summed E-state index contributed by atoms with van der Waals surface area (Å²) in [5.41, 5.74) is 0.447. The van der Waals surface area contributed by atoms with E-state index in [2.05, 4.69) is 18.7 Å². The van der Waals surface area contributed by atoms with E-state index in [9.17, 15) is 13.9 Å². The molecule has 0 aromatic heterocycles. The Kier molecular flexibility index (Phi) is 9.25. The van der Waals surface area contributed by atoms with Gasteiger partial charge in [0.1, 0.15) is 0 Å². The van der Waals surface area contributed by atoms with Crippen LogP contribution >= 0.6 is 0 Å². The number of aliphatic hydroxyl groups excluding tert-OH is 1. The summed E-state index contributed by atoms with van der Waals surface area (Å²) in [7, 11) is 0. The van der Waals surface area contributed by atoms with Gasteiger partial charge in [0, 0.05) is 6.54 Å². The molecule has 0 spiro atoms. The Balaban J connectivity index is 2.48. The number of nitrogens with zero attached hydrogens (tertiary/aromatic N) is 1.